The van der Waals surface area contributed by atoms with Crippen LogP contribution in [0.15, 0.2) is 42.5 Å². The summed E-state index contributed by atoms with van der Waals surface area (Å²) in [6, 6.07) is 14.7. The molecule has 0 amide bonds. The van der Waals surface area contributed by atoms with Gasteiger partial charge in [-0.05, 0) is 29.7 Å². The molecule has 2 heteroatoms. The molecule has 2 aromatic carbocycles. The number of aliphatic hydroxyl groups is 1. The maximum atomic E-state index is 10.8. The van der Waals surface area contributed by atoms with Crippen molar-refractivity contribution in [3.63, 3.8) is 0 Å². The maximum Gasteiger partial charge on any atom is 0.0734 e. The highest BCUT2D eigenvalue weighted by molar-refractivity contribution is 5.85. The number of fused-ring (bicyclic) bond motifs is 1. The van der Waals surface area contributed by atoms with Crippen molar-refractivity contribution in [2.75, 3.05) is 6.61 Å². The standard InChI is InChI=1S/C17H20O2/c1-13-11-17(18,9-10-19-13)12-15-7-4-6-14-5-2-3-8-16(14)15/h2-8,13,18H,9-12H2,1H3. The van der Waals surface area contributed by atoms with Gasteiger partial charge in [-0.3, -0.25) is 0 Å². The van der Waals surface area contributed by atoms with E-state index in [-0.39, 0.29) is 6.10 Å². The van der Waals surface area contributed by atoms with E-state index < -0.39 is 5.60 Å². The van der Waals surface area contributed by atoms with E-state index in [2.05, 4.69) is 42.5 Å². The molecule has 0 bridgehead atoms. The quantitative estimate of drug-likeness (QED) is 0.893. The van der Waals surface area contributed by atoms with E-state index in [0.29, 0.717) is 13.0 Å². The highest BCUT2D eigenvalue weighted by atomic mass is 16.5. The summed E-state index contributed by atoms with van der Waals surface area (Å²) in [5.74, 6) is 0. The van der Waals surface area contributed by atoms with E-state index in [4.69, 9.17) is 4.74 Å². The third kappa shape index (κ3) is 2.65. The van der Waals surface area contributed by atoms with Crippen LogP contribution >= 0.6 is 0 Å². The Kier molecular flexibility index (Phi) is 3.29. The van der Waals surface area contributed by atoms with E-state index in [1.807, 2.05) is 6.92 Å². The smallest absolute Gasteiger partial charge is 0.0734 e. The van der Waals surface area contributed by atoms with Gasteiger partial charge in [0.1, 0.15) is 0 Å². The summed E-state index contributed by atoms with van der Waals surface area (Å²) >= 11 is 0. The molecule has 1 aliphatic rings. The van der Waals surface area contributed by atoms with Crippen LogP contribution in [-0.2, 0) is 11.2 Å². The second-order valence-electron chi connectivity index (χ2n) is 5.67. The second kappa shape index (κ2) is 4.95. The normalized spacial score (nSPS) is 27.6. The van der Waals surface area contributed by atoms with Crippen LogP contribution in [0.25, 0.3) is 10.8 Å². The molecule has 2 aromatic rings. The zero-order valence-corrected chi connectivity index (χ0v) is 11.3. The minimum absolute atomic E-state index is 0.147. The van der Waals surface area contributed by atoms with Crippen molar-refractivity contribution in [2.24, 2.45) is 0 Å². The molecule has 1 fully saturated rings. The van der Waals surface area contributed by atoms with Gasteiger partial charge in [0.2, 0.25) is 0 Å². The molecule has 2 nitrogen and oxygen atoms in total. The molecule has 1 saturated heterocycles. The van der Waals surface area contributed by atoms with E-state index in [1.165, 1.54) is 16.3 Å². The molecule has 0 spiro atoms. The Morgan fingerprint density at radius 1 is 1.21 bits per heavy atom. The van der Waals surface area contributed by atoms with Gasteiger partial charge in [0.05, 0.1) is 11.7 Å². The summed E-state index contributed by atoms with van der Waals surface area (Å²) in [5.41, 5.74) is 0.608. The van der Waals surface area contributed by atoms with Crippen molar-refractivity contribution in [3.8, 4) is 0 Å². The predicted octanol–water partition coefficient (Wildman–Crippen LogP) is 3.31. The van der Waals surface area contributed by atoms with Crippen LogP contribution in [0.2, 0.25) is 0 Å². The lowest BCUT2D eigenvalue weighted by Gasteiger charge is -2.36. The first kappa shape index (κ1) is 12.6. The molecule has 100 valence electrons. The fourth-order valence-electron chi connectivity index (χ4n) is 3.11. The molecular formula is C17H20O2. The van der Waals surface area contributed by atoms with Crippen LogP contribution in [0, 0.1) is 0 Å². The average Bonchev–Trinajstić information content (AvgIpc) is 2.38. The van der Waals surface area contributed by atoms with Crippen molar-refractivity contribution in [1.29, 1.82) is 0 Å². The molecule has 1 N–H and O–H groups in total. The largest absolute Gasteiger partial charge is 0.389 e. The minimum atomic E-state index is -0.623. The molecule has 0 aromatic heterocycles. The Morgan fingerprint density at radius 2 is 2.00 bits per heavy atom. The zero-order valence-electron chi connectivity index (χ0n) is 11.3. The lowest BCUT2D eigenvalue weighted by molar-refractivity contribution is -0.0959. The van der Waals surface area contributed by atoms with Crippen LogP contribution in [0.5, 0.6) is 0 Å². The Morgan fingerprint density at radius 3 is 2.84 bits per heavy atom. The summed E-state index contributed by atoms with van der Waals surface area (Å²) in [7, 11) is 0. The van der Waals surface area contributed by atoms with E-state index in [9.17, 15) is 5.11 Å². The highest BCUT2D eigenvalue weighted by Crippen LogP contribution is 2.30. The monoisotopic (exact) mass is 256 g/mol. The molecule has 1 aliphatic heterocycles. The van der Waals surface area contributed by atoms with Gasteiger partial charge < -0.3 is 9.84 Å². The van der Waals surface area contributed by atoms with Crippen molar-refractivity contribution < 1.29 is 9.84 Å². The van der Waals surface area contributed by atoms with Gasteiger partial charge in [0.15, 0.2) is 0 Å². The SMILES string of the molecule is CC1CC(O)(Cc2cccc3ccccc23)CCO1. The first-order chi connectivity index (χ1) is 9.16. The van der Waals surface area contributed by atoms with E-state index >= 15 is 0 Å². The lowest BCUT2D eigenvalue weighted by Crippen LogP contribution is -2.41. The highest BCUT2D eigenvalue weighted by Gasteiger charge is 2.33. The molecular weight excluding hydrogens is 236 g/mol. The Hall–Kier alpha value is -1.38. The number of benzene rings is 2. The fraction of sp³-hybridized carbons (Fsp3) is 0.412. The molecule has 3 rings (SSSR count). The molecule has 0 saturated carbocycles. The average molecular weight is 256 g/mol. The van der Waals surface area contributed by atoms with Crippen LogP contribution < -0.4 is 0 Å². The van der Waals surface area contributed by atoms with Gasteiger partial charge in [-0.1, -0.05) is 42.5 Å². The molecule has 2 unspecified atom stereocenters. The van der Waals surface area contributed by atoms with Crippen LogP contribution in [0.1, 0.15) is 25.3 Å². The molecule has 2 atom stereocenters. The summed E-state index contributed by atoms with van der Waals surface area (Å²) < 4.78 is 5.54. The van der Waals surface area contributed by atoms with Gasteiger partial charge in [0.25, 0.3) is 0 Å². The van der Waals surface area contributed by atoms with E-state index in [0.717, 1.165) is 12.8 Å². The maximum absolute atomic E-state index is 10.8. The molecule has 0 radical (unpaired) electrons. The third-order valence-electron chi connectivity index (χ3n) is 4.04. The number of hydrogen-bond donors (Lipinski definition) is 1. The Labute approximate surface area is 114 Å². The number of ether oxygens (including phenoxy) is 1. The first-order valence-electron chi connectivity index (χ1n) is 6.97. The molecule has 0 aliphatic carbocycles. The Balaban J connectivity index is 1.92. The van der Waals surface area contributed by atoms with Crippen molar-refractivity contribution in [2.45, 2.75) is 37.9 Å². The fourth-order valence-corrected chi connectivity index (χ4v) is 3.11. The van der Waals surface area contributed by atoms with Gasteiger partial charge in [-0.15, -0.1) is 0 Å². The topological polar surface area (TPSA) is 29.5 Å². The van der Waals surface area contributed by atoms with Gasteiger partial charge in [-0.2, -0.15) is 0 Å². The summed E-state index contributed by atoms with van der Waals surface area (Å²) in [5, 5.41) is 13.3. The first-order valence-corrected chi connectivity index (χ1v) is 6.97. The van der Waals surface area contributed by atoms with Gasteiger partial charge >= 0.3 is 0 Å². The van der Waals surface area contributed by atoms with Crippen molar-refractivity contribution >= 4 is 10.8 Å². The zero-order chi connectivity index (χ0) is 13.3. The summed E-state index contributed by atoms with van der Waals surface area (Å²) in [6.45, 7) is 2.69. The third-order valence-corrected chi connectivity index (χ3v) is 4.04. The van der Waals surface area contributed by atoms with Gasteiger partial charge in [0, 0.05) is 19.4 Å². The number of rotatable bonds is 2. The van der Waals surface area contributed by atoms with Crippen LogP contribution in [0.3, 0.4) is 0 Å². The number of hydrogen-bond acceptors (Lipinski definition) is 2. The van der Waals surface area contributed by atoms with Crippen molar-refractivity contribution in [3.05, 3.63) is 48.0 Å². The predicted molar refractivity (Wildman–Crippen MR) is 77.2 cm³/mol. The minimum Gasteiger partial charge on any atom is -0.389 e. The molecule has 19 heavy (non-hydrogen) atoms. The second-order valence-corrected chi connectivity index (χ2v) is 5.67. The van der Waals surface area contributed by atoms with E-state index in [1.54, 1.807) is 0 Å². The van der Waals surface area contributed by atoms with Crippen LogP contribution in [-0.4, -0.2) is 23.4 Å². The Bertz CT molecular complexity index is 573. The summed E-state index contributed by atoms with van der Waals surface area (Å²) in [6.07, 6.45) is 2.30. The van der Waals surface area contributed by atoms with Crippen molar-refractivity contribution in [1.82, 2.24) is 0 Å². The van der Waals surface area contributed by atoms with Crippen LogP contribution in [0.4, 0.5) is 0 Å². The summed E-state index contributed by atoms with van der Waals surface area (Å²) in [4.78, 5) is 0. The van der Waals surface area contributed by atoms with Gasteiger partial charge in [-0.25, -0.2) is 0 Å². The lowest BCUT2D eigenvalue weighted by atomic mass is 9.83. The molecule has 1 heterocycles.